The van der Waals surface area contributed by atoms with Crippen LogP contribution in [0.25, 0.3) is 0 Å². The molecule has 6 nitrogen and oxygen atoms in total. The van der Waals surface area contributed by atoms with Crippen LogP contribution in [0.15, 0.2) is 41.7 Å². The van der Waals surface area contributed by atoms with Crippen LogP contribution < -0.4 is 0 Å². The van der Waals surface area contributed by atoms with E-state index in [2.05, 4.69) is 0 Å². The van der Waals surface area contributed by atoms with E-state index in [0.717, 1.165) is 10.5 Å². The minimum absolute atomic E-state index is 0.0220. The van der Waals surface area contributed by atoms with Crippen LogP contribution in [-0.4, -0.2) is 39.4 Å². The minimum Gasteiger partial charge on any atom is -0.509 e. The van der Waals surface area contributed by atoms with Gasteiger partial charge < -0.3 is 9.84 Å². The number of rotatable bonds is 5. The second-order valence-corrected chi connectivity index (χ2v) is 8.14. The predicted molar refractivity (Wildman–Crippen MR) is 101 cm³/mol. The molecular formula is C21H27NO5. The first-order valence-corrected chi connectivity index (χ1v) is 9.08. The summed E-state index contributed by atoms with van der Waals surface area (Å²) in [6.45, 7) is 8.77. The lowest BCUT2D eigenvalue weighted by molar-refractivity contribution is -0.128. The molecule has 2 rings (SSSR count). The molecule has 1 aromatic rings. The molecule has 0 spiro atoms. The largest absolute Gasteiger partial charge is 0.509 e. The van der Waals surface area contributed by atoms with E-state index in [0.29, 0.717) is 0 Å². The summed E-state index contributed by atoms with van der Waals surface area (Å²) in [5.41, 5.74) is -0.293. The average Bonchev–Trinajstić information content (AvgIpc) is 2.76. The third kappa shape index (κ3) is 4.96. The van der Waals surface area contributed by atoms with Crippen molar-refractivity contribution >= 4 is 17.8 Å². The van der Waals surface area contributed by atoms with Gasteiger partial charge in [0.05, 0.1) is 0 Å². The van der Waals surface area contributed by atoms with Crippen LogP contribution in [0.4, 0.5) is 4.79 Å². The number of aliphatic hydroxyl groups excluding tert-OH is 1. The lowest BCUT2D eigenvalue weighted by Gasteiger charge is -2.27. The predicted octanol–water partition coefficient (Wildman–Crippen LogP) is 3.80. The Kier molecular flexibility index (Phi) is 6.08. The molecule has 0 unspecified atom stereocenters. The Balaban J connectivity index is 2.40. The molecule has 6 heteroatoms. The summed E-state index contributed by atoms with van der Waals surface area (Å²) in [7, 11) is 0. The lowest BCUT2D eigenvalue weighted by atomic mass is 9.99. The number of hydrogen-bond acceptors (Lipinski definition) is 5. The zero-order valence-corrected chi connectivity index (χ0v) is 16.5. The van der Waals surface area contributed by atoms with Gasteiger partial charge >= 0.3 is 6.09 Å². The summed E-state index contributed by atoms with van der Waals surface area (Å²) >= 11 is 0. The molecule has 146 valence electrons. The number of carbonyl (C=O) groups excluding carboxylic acids is 3. The molecule has 1 aliphatic rings. The number of amides is 2. The summed E-state index contributed by atoms with van der Waals surface area (Å²) in [4.78, 5) is 38.9. The topological polar surface area (TPSA) is 83.9 Å². The van der Waals surface area contributed by atoms with Gasteiger partial charge in [-0.25, -0.2) is 9.69 Å². The summed E-state index contributed by atoms with van der Waals surface area (Å²) < 4.78 is 5.33. The normalized spacial score (nSPS) is 17.6. The minimum atomic E-state index is -0.958. The maximum Gasteiger partial charge on any atom is 0.418 e. The molecule has 0 fully saturated rings. The van der Waals surface area contributed by atoms with Crippen LogP contribution in [0.3, 0.4) is 0 Å². The zero-order chi connectivity index (χ0) is 20.4. The summed E-state index contributed by atoms with van der Waals surface area (Å²) in [6.07, 6.45) is -0.547. The van der Waals surface area contributed by atoms with Gasteiger partial charge in [0, 0.05) is 12.8 Å². The Morgan fingerprint density at radius 2 is 1.78 bits per heavy atom. The van der Waals surface area contributed by atoms with Gasteiger partial charge in [0.15, 0.2) is 5.78 Å². The summed E-state index contributed by atoms with van der Waals surface area (Å²) in [6, 6.07) is 8.21. The Morgan fingerprint density at radius 1 is 1.19 bits per heavy atom. The second-order valence-electron chi connectivity index (χ2n) is 8.14. The van der Waals surface area contributed by atoms with Crippen LogP contribution >= 0.6 is 0 Å². The fraction of sp³-hybridized carbons (Fsp3) is 0.476. The van der Waals surface area contributed by atoms with Gasteiger partial charge in [-0.2, -0.15) is 0 Å². The van der Waals surface area contributed by atoms with Crippen molar-refractivity contribution in [3.8, 4) is 0 Å². The standard InChI is InChI=1S/C21H27NO5/c1-13(2)11-16(23)17-18(24)15(12-14-9-7-6-8-10-14)22(19(17)25)20(26)27-21(3,4)5/h6-10,13,15,24H,11-12H2,1-5H3/t15-/m0/s1. The molecule has 0 radical (unpaired) electrons. The van der Waals surface area contributed by atoms with E-state index in [9.17, 15) is 19.5 Å². The van der Waals surface area contributed by atoms with Crippen molar-refractivity contribution in [2.24, 2.45) is 5.92 Å². The van der Waals surface area contributed by atoms with Gasteiger partial charge in [-0.05, 0) is 32.3 Å². The van der Waals surface area contributed by atoms with E-state index in [4.69, 9.17) is 4.74 Å². The number of hydrogen-bond donors (Lipinski definition) is 1. The Bertz CT molecular complexity index is 759. The molecule has 2 amide bonds. The number of nitrogens with zero attached hydrogens (tertiary/aromatic N) is 1. The number of ether oxygens (including phenoxy) is 1. The monoisotopic (exact) mass is 373 g/mol. The van der Waals surface area contributed by atoms with Gasteiger partial charge in [-0.15, -0.1) is 0 Å². The highest BCUT2D eigenvalue weighted by Gasteiger charge is 2.47. The van der Waals surface area contributed by atoms with Crippen molar-refractivity contribution in [1.82, 2.24) is 4.90 Å². The zero-order valence-electron chi connectivity index (χ0n) is 16.5. The lowest BCUT2D eigenvalue weighted by Crippen LogP contribution is -2.45. The van der Waals surface area contributed by atoms with Crippen LogP contribution in [0.2, 0.25) is 0 Å². The Labute approximate surface area is 159 Å². The molecule has 0 saturated carbocycles. The number of aliphatic hydroxyl groups is 1. The molecule has 27 heavy (non-hydrogen) atoms. The van der Waals surface area contributed by atoms with Crippen LogP contribution in [-0.2, 0) is 20.7 Å². The van der Waals surface area contributed by atoms with Crippen LogP contribution in [0.1, 0.15) is 46.6 Å². The number of Topliss-reactive ketones (excluding diaryl/α,β-unsaturated/α-hetero) is 1. The third-order valence-electron chi connectivity index (χ3n) is 4.05. The molecule has 1 aromatic carbocycles. The quantitative estimate of drug-likeness (QED) is 0.794. The first-order chi connectivity index (χ1) is 12.5. The summed E-state index contributed by atoms with van der Waals surface area (Å²) in [5.74, 6) is -1.60. The van der Waals surface area contributed by atoms with Crippen molar-refractivity contribution in [1.29, 1.82) is 0 Å². The maximum atomic E-state index is 12.9. The Hall–Kier alpha value is -2.63. The van der Waals surface area contributed by atoms with Gasteiger partial charge in [-0.3, -0.25) is 9.59 Å². The molecule has 0 aliphatic carbocycles. The van der Waals surface area contributed by atoms with Crippen molar-refractivity contribution in [2.75, 3.05) is 0 Å². The van der Waals surface area contributed by atoms with E-state index in [1.165, 1.54) is 0 Å². The van der Waals surface area contributed by atoms with E-state index < -0.39 is 29.4 Å². The maximum absolute atomic E-state index is 12.9. The Morgan fingerprint density at radius 3 is 2.30 bits per heavy atom. The highest BCUT2D eigenvalue weighted by atomic mass is 16.6. The van der Waals surface area contributed by atoms with Crippen LogP contribution in [0.5, 0.6) is 0 Å². The first-order valence-electron chi connectivity index (χ1n) is 9.08. The van der Waals surface area contributed by atoms with Gasteiger partial charge in [-0.1, -0.05) is 44.2 Å². The van der Waals surface area contributed by atoms with E-state index in [-0.39, 0.29) is 30.1 Å². The van der Waals surface area contributed by atoms with E-state index >= 15 is 0 Å². The molecular weight excluding hydrogens is 346 g/mol. The van der Waals surface area contributed by atoms with Crippen LogP contribution in [0, 0.1) is 5.92 Å². The van der Waals surface area contributed by atoms with E-state index in [1.54, 1.807) is 20.8 Å². The summed E-state index contributed by atoms with van der Waals surface area (Å²) in [5, 5.41) is 10.7. The number of ketones is 1. The molecule has 0 aromatic heterocycles. The molecule has 1 N–H and O–H groups in total. The molecule has 1 aliphatic heterocycles. The van der Waals surface area contributed by atoms with Crippen molar-refractivity contribution in [3.05, 3.63) is 47.2 Å². The fourth-order valence-corrected chi connectivity index (χ4v) is 2.94. The van der Waals surface area contributed by atoms with E-state index in [1.807, 2.05) is 44.2 Å². The molecule has 1 atom stereocenters. The van der Waals surface area contributed by atoms with Gasteiger partial charge in [0.25, 0.3) is 5.91 Å². The second kappa shape index (κ2) is 7.94. The number of imide groups is 1. The SMILES string of the molecule is CC(C)CC(=O)C1=C(O)[C@H](Cc2ccccc2)N(C(=O)OC(C)(C)C)C1=O. The first kappa shape index (κ1) is 20.7. The fourth-order valence-electron chi connectivity index (χ4n) is 2.94. The third-order valence-corrected chi connectivity index (χ3v) is 4.05. The molecule has 0 saturated heterocycles. The van der Waals surface area contributed by atoms with Gasteiger partial charge in [0.2, 0.25) is 0 Å². The highest BCUT2D eigenvalue weighted by molar-refractivity contribution is 6.24. The number of carbonyl (C=O) groups is 3. The van der Waals surface area contributed by atoms with Crippen molar-refractivity contribution < 1.29 is 24.2 Å². The van der Waals surface area contributed by atoms with Gasteiger partial charge in [0.1, 0.15) is 23.0 Å². The highest BCUT2D eigenvalue weighted by Crippen LogP contribution is 2.30. The average molecular weight is 373 g/mol. The van der Waals surface area contributed by atoms with Crippen molar-refractivity contribution in [2.45, 2.75) is 59.1 Å². The molecule has 1 heterocycles. The number of benzene rings is 1. The van der Waals surface area contributed by atoms with Crippen molar-refractivity contribution in [3.63, 3.8) is 0 Å². The molecule has 0 bridgehead atoms. The smallest absolute Gasteiger partial charge is 0.418 e.